The van der Waals surface area contributed by atoms with Gasteiger partial charge in [-0.25, -0.2) is 0 Å². The van der Waals surface area contributed by atoms with Gasteiger partial charge in [0.05, 0.1) is 10.4 Å². The van der Waals surface area contributed by atoms with Crippen LogP contribution in [0, 0.1) is 0 Å². The van der Waals surface area contributed by atoms with Gasteiger partial charge in [0.2, 0.25) is 0 Å². The molecule has 3 nitrogen and oxygen atoms in total. The highest BCUT2D eigenvalue weighted by molar-refractivity contribution is 8.26. The fourth-order valence-electron chi connectivity index (χ4n) is 2.17. The number of carbonyl (C=O) groups excluding carboxylic acids is 1. The summed E-state index contributed by atoms with van der Waals surface area (Å²) in [5.41, 5.74) is 1.88. The number of thiocarbonyl (C=S) groups is 1. The number of benzene rings is 1. The monoisotopic (exact) mass is 312 g/mol. The second-order valence-electron chi connectivity index (χ2n) is 4.50. The lowest BCUT2D eigenvalue weighted by atomic mass is 10.1. The van der Waals surface area contributed by atoms with Gasteiger partial charge in [-0.1, -0.05) is 48.3 Å². The molecule has 0 bridgehead atoms. The molecular formula is C16H12N2OS2. The minimum Gasteiger partial charge on any atom is -0.289 e. The smallest absolute Gasteiger partial charge is 0.266 e. The van der Waals surface area contributed by atoms with Crippen molar-refractivity contribution in [2.24, 2.45) is 0 Å². The van der Waals surface area contributed by atoms with E-state index in [0.29, 0.717) is 15.8 Å². The van der Waals surface area contributed by atoms with Crippen LogP contribution < -0.4 is 0 Å². The van der Waals surface area contributed by atoms with Gasteiger partial charge in [-0.2, -0.15) is 0 Å². The van der Waals surface area contributed by atoms with Crippen LogP contribution in [0.15, 0.2) is 54.1 Å². The molecule has 0 N–H and O–H groups in total. The van der Waals surface area contributed by atoms with Crippen molar-refractivity contribution >= 4 is 51.2 Å². The minimum absolute atomic E-state index is 0.0641. The van der Waals surface area contributed by atoms with Gasteiger partial charge < -0.3 is 0 Å². The molecule has 1 aliphatic rings. The van der Waals surface area contributed by atoms with Gasteiger partial charge in [0.15, 0.2) is 0 Å². The number of thioether (sulfide) groups is 1. The summed E-state index contributed by atoms with van der Waals surface area (Å²) in [4.78, 5) is 18.9. The number of hydrogen-bond donors (Lipinski definition) is 0. The van der Waals surface area contributed by atoms with Crippen LogP contribution in [0.5, 0.6) is 0 Å². The molecular weight excluding hydrogens is 300 g/mol. The van der Waals surface area contributed by atoms with Gasteiger partial charge in [0, 0.05) is 18.1 Å². The molecule has 1 aromatic carbocycles. The number of amides is 1. The number of para-hydroxylation sites is 1. The first kappa shape index (κ1) is 14.0. The zero-order valence-corrected chi connectivity index (χ0v) is 12.8. The molecule has 0 radical (unpaired) electrons. The van der Waals surface area contributed by atoms with Crippen molar-refractivity contribution in [2.75, 3.05) is 6.54 Å². The van der Waals surface area contributed by atoms with E-state index >= 15 is 0 Å². The van der Waals surface area contributed by atoms with E-state index in [2.05, 4.69) is 11.6 Å². The first-order valence-corrected chi connectivity index (χ1v) is 7.63. The van der Waals surface area contributed by atoms with Crippen LogP contribution in [0.25, 0.3) is 17.0 Å². The van der Waals surface area contributed by atoms with Crippen LogP contribution in [0.4, 0.5) is 0 Å². The zero-order chi connectivity index (χ0) is 14.8. The second kappa shape index (κ2) is 5.79. The van der Waals surface area contributed by atoms with E-state index in [0.717, 1.165) is 16.5 Å². The number of nitrogens with zero attached hydrogens (tertiary/aromatic N) is 2. The number of hydrogen-bond acceptors (Lipinski definition) is 4. The molecule has 2 aromatic rings. The minimum atomic E-state index is -0.0641. The Kier molecular flexibility index (Phi) is 3.86. The number of pyridine rings is 1. The van der Waals surface area contributed by atoms with Crippen molar-refractivity contribution in [2.45, 2.75) is 0 Å². The molecule has 1 aliphatic heterocycles. The van der Waals surface area contributed by atoms with E-state index in [1.54, 1.807) is 17.2 Å². The molecule has 2 heterocycles. The maximum Gasteiger partial charge on any atom is 0.266 e. The molecule has 5 heteroatoms. The van der Waals surface area contributed by atoms with Crippen LogP contribution in [-0.2, 0) is 4.79 Å². The highest BCUT2D eigenvalue weighted by Crippen LogP contribution is 2.33. The molecule has 3 rings (SSSR count). The first-order chi connectivity index (χ1) is 10.2. The number of fused-ring (bicyclic) bond motifs is 1. The predicted octanol–water partition coefficient (Wildman–Crippen LogP) is 3.62. The maximum absolute atomic E-state index is 12.3. The Balaban J connectivity index is 2.03. The predicted molar refractivity (Wildman–Crippen MR) is 91.8 cm³/mol. The van der Waals surface area contributed by atoms with Gasteiger partial charge in [-0.3, -0.25) is 14.7 Å². The average molecular weight is 312 g/mol. The standard InChI is InChI=1S/C16H12N2OS2/c1-2-9-18-15(19)14(21-16(18)20)10-11-7-8-17-13-6-4-3-5-12(11)13/h2-8,10H,1,9H2/b14-10+. The molecule has 0 saturated carbocycles. The Bertz CT molecular complexity index is 777. The van der Waals surface area contributed by atoms with E-state index in [9.17, 15) is 4.79 Å². The summed E-state index contributed by atoms with van der Waals surface area (Å²) in [5.74, 6) is -0.0641. The summed E-state index contributed by atoms with van der Waals surface area (Å²) >= 11 is 6.57. The maximum atomic E-state index is 12.3. The molecule has 21 heavy (non-hydrogen) atoms. The number of rotatable bonds is 3. The number of carbonyl (C=O) groups is 1. The lowest BCUT2D eigenvalue weighted by Crippen LogP contribution is -2.27. The summed E-state index contributed by atoms with van der Waals surface area (Å²) in [6.45, 7) is 4.10. The summed E-state index contributed by atoms with van der Waals surface area (Å²) in [5, 5.41) is 1.02. The fraction of sp³-hybridized carbons (Fsp3) is 0.0625. The molecule has 1 fully saturated rings. The third-order valence-electron chi connectivity index (χ3n) is 3.15. The topological polar surface area (TPSA) is 33.2 Å². The molecule has 0 unspecified atom stereocenters. The molecule has 0 aliphatic carbocycles. The van der Waals surface area contributed by atoms with E-state index in [4.69, 9.17) is 12.2 Å². The van der Waals surface area contributed by atoms with E-state index in [-0.39, 0.29) is 5.91 Å². The Labute approximate surface area is 132 Å². The second-order valence-corrected chi connectivity index (χ2v) is 6.17. The first-order valence-electron chi connectivity index (χ1n) is 6.40. The van der Waals surface area contributed by atoms with Gasteiger partial charge in [0.1, 0.15) is 4.32 Å². The Morgan fingerprint density at radius 3 is 2.95 bits per heavy atom. The van der Waals surface area contributed by atoms with Crippen LogP contribution >= 0.6 is 24.0 Å². The molecule has 1 aromatic heterocycles. The molecule has 0 atom stereocenters. The van der Waals surface area contributed by atoms with E-state index < -0.39 is 0 Å². The summed E-state index contributed by atoms with van der Waals surface area (Å²) < 4.78 is 0.574. The number of aromatic nitrogens is 1. The summed E-state index contributed by atoms with van der Waals surface area (Å²) in [6.07, 6.45) is 5.31. The third kappa shape index (κ3) is 2.62. The van der Waals surface area contributed by atoms with E-state index in [1.165, 1.54) is 11.8 Å². The third-order valence-corrected chi connectivity index (χ3v) is 4.53. The SMILES string of the molecule is C=CCN1C(=O)/C(=C\c2ccnc3ccccc23)SC1=S. The van der Waals surface area contributed by atoms with Gasteiger partial charge >= 0.3 is 0 Å². The summed E-state index contributed by atoms with van der Waals surface area (Å²) in [6, 6.07) is 9.77. The molecule has 0 spiro atoms. The zero-order valence-electron chi connectivity index (χ0n) is 11.2. The van der Waals surface area contributed by atoms with Gasteiger partial charge in [-0.15, -0.1) is 6.58 Å². The largest absolute Gasteiger partial charge is 0.289 e. The van der Waals surface area contributed by atoms with Crippen LogP contribution in [0.3, 0.4) is 0 Å². The quantitative estimate of drug-likeness (QED) is 0.492. The van der Waals surface area contributed by atoms with Crippen molar-refractivity contribution in [3.8, 4) is 0 Å². The highest BCUT2D eigenvalue weighted by atomic mass is 32.2. The Morgan fingerprint density at radius 1 is 1.33 bits per heavy atom. The van der Waals surface area contributed by atoms with Crippen molar-refractivity contribution in [3.63, 3.8) is 0 Å². The van der Waals surface area contributed by atoms with Crippen molar-refractivity contribution in [3.05, 3.63) is 59.7 Å². The van der Waals surface area contributed by atoms with Gasteiger partial charge in [-0.05, 0) is 23.8 Å². The lowest BCUT2D eigenvalue weighted by Gasteiger charge is -2.10. The molecule has 1 amide bonds. The van der Waals surface area contributed by atoms with Crippen molar-refractivity contribution in [1.82, 2.24) is 9.88 Å². The van der Waals surface area contributed by atoms with Crippen LogP contribution in [-0.4, -0.2) is 26.7 Å². The van der Waals surface area contributed by atoms with Crippen LogP contribution in [0.1, 0.15) is 5.56 Å². The van der Waals surface area contributed by atoms with Crippen molar-refractivity contribution in [1.29, 1.82) is 0 Å². The Hall–Kier alpha value is -1.98. The normalized spacial score (nSPS) is 17.0. The fourth-order valence-corrected chi connectivity index (χ4v) is 3.44. The molecule has 1 saturated heterocycles. The molecule has 104 valence electrons. The van der Waals surface area contributed by atoms with Gasteiger partial charge in [0.25, 0.3) is 5.91 Å². The summed E-state index contributed by atoms with van der Waals surface area (Å²) in [7, 11) is 0. The Morgan fingerprint density at radius 2 is 2.14 bits per heavy atom. The van der Waals surface area contributed by atoms with Crippen molar-refractivity contribution < 1.29 is 4.79 Å². The van der Waals surface area contributed by atoms with Crippen LogP contribution in [0.2, 0.25) is 0 Å². The highest BCUT2D eigenvalue weighted by Gasteiger charge is 2.31. The lowest BCUT2D eigenvalue weighted by molar-refractivity contribution is -0.121. The average Bonchev–Trinajstić information content (AvgIpc) is 2.76. The van der Waals surface area contributed by atoms with E-state index in [1.807, 2.05) is 36.4 Å².